The van der Waals surface area contributed by atoms with E-state index in [2.05, 4.69) is 30.2 Å². The summed E-state index contributed by atoms with van der Waals surface area (Å²) in [6.07, 6.45) is 3.66. The fourth-order valence-corrected chi connectivity index (χ4v) is 1.22. The molecule has 72 valence electrons. The molecule has 0 unspecified atom stereocenters. The van der Waals surface area contributed by atoms with Gasteiger partial charge < -0.3 is 11.1 Å². The maximum Gasteiger partial charge on any atom is 0.0393 e. The van der Waals surface area contributed by atoms with Gasteiger partial charge in [-0.3, -0.25) is 4.98 Å². The summed E-state index contributed by atoms with van der Waals surface area (Å²) in [7, 11) is 0. The molecule has 0 aliphatic carbocycles. The summed E-state index contributed by atoms with van der Waals surface area (Å²) in [6, 6.07) is 4.01. The number of nitrogens with two attached hydrogens (primary N) is 1. The van der Waals surface area contributed by atoms with Crippen LogP contribution in [-0.4, -0.2) is 18.1 Å². The Morgan fingerprint density at radius 2 is 2.31 bits per heavy atom. The third-order valence-corrected chi connectivity index (χ3v) is 2.09. The molecule has 0 aromatic carbocycles. The first kappa shape index (κ1) is 10.2. The van der Waals surface area contributed by atoms with Gasteiger partial charge in [0.25, 0.3) is 0 Å². The molecule has 3 nitrogen and oxygen atoms in total. The second kappa shape index (κ2) is 4.35. The summed E-state index contributed by atoms with van der Waals surface area (Å²) in [6.45, 7) is 5.73. The standard InChI is InChI=1S/C10H17N3/c1-10(2,13-7-5-11)9-4-3-6-12-8-9/h3-4,6,8,13H,5,7,11H2,1-2H3. The van der Waals surface area contributed by atoms with E-state index in [1.807, 2.05) is 12.3 Å². The Labute approximate surface area is 79.4 Å². The highest BCUT2D eigenvalue weighted by molar-refractivity contribution is 5.18. The van der Waals surface area contributed by atoms with Crippen molar-refractivity contribution in [3.63, 3.8) is 0 Å². The van der Waals surface area contributed by atoms with Gasteiger partial charge in [-0.05, 0) is 25.5 Å². The van der Waals surface area contributed by atoms with Gasteiger partial charge in [0, 0.05) is 31.0 Å². The van der Waals surface area contributed by atoms with Crippen LogP contribution in [0.25, 0.3) is 0 Å². The predicted octanol–water partition coefficient (Wildman–Crippen LogP) is 0.865. The lowest BCUT2D eigenvalue weighted by molar-refractivity contribution is 0.408. The van der Waals surface area contributed by atoms with Crippen LogP contribution in [0, 0.1) is 0 Å². The molecule has 3 heteroatoms. The van der Waals surface area contributed by atoms with Gasteiger partial charge in [-0.2, -0.15) is 0 Å². The zero-order valence-corrected chi connectivity index (χ0v) is 8.25. The summed E-state index contributed by atoms with van der Waals surface area (Å²) in [5.74, 6) is 0. The Balaban J connectivity index is 2.69. The van der Waals surface area contributed by atoms with Crippen LogP contribution in [0.1, 0.15) is 19.4 Å². The highest BCUT2D eigenvalue weighted by Gasteiger charge is 2.18. The third kappa shape index (κ3) is 2.79. The molecule has 0 spiro atoms. The second-order valence-electron chi connectivity index (χ2n) is 3.58. The monoisotopic (exact) mass is 179 g/mol. The molecule has 1 heterocycles. The maximum absolute atomic E-state index is 5.44. The molecular weight excluding hydrogens is 162 g/mol. The molecule has 0 amide bonds. The van der Waals surface area contributed by atoms with Crippen LogP contribution in [0.2, 0.25) is 0 Å². The lowest BCUT2D eigenvalue weighted by atomic mass is 9.96. The van der Waals surface area contributed by atoms with E-state index < -0.39 is 0 Å². The van der Waals surface area contributed by atoms with Crippen molar-refractivity contribution in [2.45, 2.75) is 19.4 Å². The average molecular weight is 179 g/mol. The van der Waals surface area contributed by atoms with Crippen LogP contribution in [0.3, 0.4) is 0 Å². The van der Waals surface area contributed by atoms with Crippen molar-refractivity contribution in [3.8, 4) is 0 Å². The molecular formula is C10H17N3. The van der Waals surface area contributed by atoms with Crippen molar-refractivity contribution in [2.24, 2.45) is 5.73 Å². The normalized spacial score (nSPS) is 11.6. The predicted molar refractivity (Wildman–Crippen MR) is 54.3 cm³/mol. The molecule has 1 aromatic rings. The first-order chi connectivity index (χ1) is 6.17. The summed E-state index contributed by atoms with van der Waals surface area (Å²) in [5.41, 5.74) is 6.57. The van der Waals surface area contributed by atoms with Crippen LogP contribution in [-0.2, 0) is 5.54 Å². The summed E-state index contributed by atoms with van der Waals surface area (Å²) in [4.78, 5) is 4.09. The minimum Gasteiger partial charge on any atom is -0.329 e. The van der Waals surface area contributed by atoms with Gasteiger partial charge >= 0.3 is 0 Å². The first-order valence-electron chi connectivity index (χ1n) is 4.52. The van der Waals surface area contributed by atoms with Crippen molar-refractivity contribution in [2.75, 3.05) is 13.1 Å². The van der Waals surface area contributed by atoms with Gasteiger partial charge in [-0.15, -0.1) is 0 Å². The Hall–Kier alpha value is -0.930. The number of aromatic nitrogens is 1. The van der Waals surface area contributed by atoms with E-state index in [1.54, 1.807) is 6.20 Å². The molecule has 0 aliphatic heterocycles. The van der Waals surface area contributed by atoms with Crippen LogP contribution in [0.5, 0.6) is 0 Å². The molecule has 0 saturated heterocycles. The number of hydrogen-bond donors (Lipinski definition) is 2. The summed E-state index contributed by atoms with van der Waals surface area (Å²) >= 11 is 0. The first-order valence-corrected chi connectivity index (χ1v) is 4.52. The molecule has 0 saturated carbocycles. The van der Waals surface area contributed by atoms with Crippen LogP contribution in [0.4, 0.5) is 0 Å². The fourth-order valence-electron chi connectivity index (χ4n) is 1.22. The topological polar surface area (TPSA) is 50.9 Å². The molecule has 0 fully saturated rings. The smallest absolute Gasteiger partial charge is 0.0393 e. The van der Waals surface area contributed by atoms with Gasteiger partial charge in [0.15, 0.2) is 0 Å². The van der Waals surface area contributed by atoms with Gasteiger partial charge in [-0.25, -0.2) is 0 Å². The quantitative estimate of drug-likeness (QED) is 0.721. The number of hydrogen-bond acceptors (Lipinski definition) is 3. The maximum atomic E-state index is 5.44. The van der Waals surface area contributed by atoms with E-state index in [1.165, 1.54) is 5.56 Å². The Kier molecular flexibility index (Phi) is 3.39. The van der Waals surface area contributed by atoms with E-state index in [0.29, 0.717) is 6.54 Å². The lowest BCUT2D eigenvalue weighted by Gasteiger charge is -2.26. The van der Waals surface area contributed by atoms with E-state index in [-0.39, 0.29) is 5.54 Å². The van der Waals surface area contributed by atoms with Gasteiger partial charge in [0.2, 0.25) is 0 Å². The molecule has 0 atom stereocenters. The lowest BCUT2D eigenvalue weighted by Crippen LogP contribution is -2.39. The van der Waals surface area contributed by atoms with Gasteiger partial charge in [0.1, 0.15) is 0 Å². The molecule has 1 rings (SSSR count). The molecule has 0 radical (unpaired) electrons. The highest BCUT2D eigenvalue weighted by Crippen LogP contribution is 2.17. The van der Waals surface area contributed by atoms with Crippen molar-refractivity contribution >= 4 is 0 Å². The molecule has 1 aromatic heterocycles. The van der Waals surface area contributed by atoms with Gasteiger partial charge in [-0.1, -0.05) is 6.07 Å². The number of pyridine rings is 1. The van der Waals surface area contributed by atoms with Crippen LogP contribution >= 0.6 is 0 Å². The fraction of sp³-hybridized carbons (Fsp3) is 0.500. The van der Waals surface area contributed by atoms with E-state index in [0.717, 1.165) is 6.54 Å². The molecule has 0 bridgehead atoms. The Morgan fingerprint density at radius 3 is 2.85 bits per heavy atom. The zero-order valence-electron chi connectivity index (χ0n) is 8.25. The van der Waals surface area contributed by atoms with Gasteiger partial charge in [0.05, 0.1) is 0 Å². The number of nitrogens with zero attached hydrogens (tertiary/aromatic N) is 1. The number of rotatable bonds is 4. The van der Waals surface area contributed by atoms with Crippen LogP contribution in [0.15, 0.2) is 24.5 Å². The summed E-state index contributed by atoms with van der Waals surface area (Å²) < 4.78 is 0. The zero-order chi connectivity index (χ0) is 9.73. The van der Waals surface area contributed by atoms with Crippen molar-refractivity contribution in [1.82, 2.24) is 10.3 Å². The van der Waals surface area contributed by atoms with Crippen molar-refractivity contribution in [1.29, 1.82) is 0 Å². The largest absolute Gasteiger partial charge is 0.329 e. The average Bonchev–Trinajstić information content (AvgIpc) is 2.16. The van der Waals surface area contributed by atoms with Crippen LogP contribution < -0.4 is 11.1 Å². The molecule has 13 heavy (non-hydrogen) atoms. The minimum absolute atomic E-state index is 0.0480. The Bertz CT molecular complexity index is 244. The number of nitrogens with one attached hydrogen (secondary N) is 1. The van der Waals surface area contributed by atoms with E-state index in [9.17, 15) is 0 Å². The third-order valence-electron chi connectivity index (χ3n) is 2.09. The van der Waals surface area contributed by atoms with Crippen molar-refractivity contribution < 1.29 is 0 Å². The van der Waals surface area contributed by atoms with E-state index in [4.69, 9.17) is 5.73 Å². The summed E-state index contributed by atoms with van der Waals surface area (Å²) in [5, 5.41) is 3.36. The second-order valence-corrected chi connectivity index (χ2v) is 3.58. The minimum atomic E-state index is -0.0480. The van der Waals surface area contributed by atoms with Crippen molar-refractivity contribution in [3.05, 3.63) is 30.1 Å². The SMILES string of the molecule is CC(C)(NCCN)c1cccnc1. The van der Waals surface area contributed by atoms with E-state index >= 15 is 0 Å². The highest BCUT2D eigenvalue weighted by atomic mass is 15.0. The molecule has 0 aliphatic rings. The Morgan fingerprint density at radius 1 is 1.54 bits per heavy atom. The molecule has 3 N–H and O–H groups in total.